The highest BCUT2D eigenvalue weighted by Crippen LogP contribution is 2.28. The molecule has 2 rings (SSSR count). The van der Waals surface area contributed by atoms with E-state index in [0.717, 1.165) is 6.26 Å². The number of amides is 2. The van der Waals surface area contributed by atoms with Crippen LogP contribution in [0.15, 0.2) is 41.0 Å². The van der Waals surface area contributed by atoms with Gasteiger partial charge in [-0.1, -0.05) is 0 Å². The van der Waals surface area contributed by atoms with Crippen LogP contribution in [-0.2, 0) is 14.8 Å². The van der Waals surface area contributed by atoms with Crippen LogP contribution in [0.4, 0.5) is 11.4 Å². The fraction of sp³-hybridized carbons (Fsp3) is 0.250. The van der Waals surface area contributed by atoms with Crippen molar-refractivity contribution in [2.24, 2.45) is 0 Å². The van der Waals surface area contributed by atoms with Crippen molar-refractivity contribution in [3.8, 4) is 5.75 Å². The smallest absolute Gasteiger partial charge is 0.286 e. The van der Waals surface area contributed by atoms with Crippen LogP contribution in [-0.4, -0.2) is 40.1 Å². The van der Waals surface area contributed by atoms with Crippen molar-refractivity contribution in [3.63, 3.8) is 0 Å². The molecule has 9 nitrogen and oxygen atoms in total. The van der Waals surface area contributed by atoms with Crippen molar-refractivity contribution in [2.75, 3.05) is 29.9 Å². The standard InChI is InChI=1S/C16H19N3O6S/c1-24-14-10-11(5-6-12(14)19-26(2,22)23)18-15(20)7-8-17-16(21)13-4-3-9-25-13/h3-6,9-10,19H,7-8H2,1-2H3,(H,17,21)(H,18,20). The summed E-state index contributed by atoms with van der Waals surface area (Å²) in [6, 6.07) is 7.63. The summed E-state index contributed by atoms with van der Waals surface area (Å²) < 4.78 is 35.0. The van der Waals surface area contributed by atoms with Gasteiger partial charge in [0.25, 0.3) is 5.91 Å². The quantitative estimate of drug-likeness (QED) is 0.635. The maximum absolute atomic E-state index is 12.0. The molecule has 2 aromatic rings. The Hall–Kier alpha value is -3.01. The van der Waals surface area contributed by atoms with Gasteiger partial charge in [0.2, 0.25) is 15.9 Å². The number of sulfonamides is 1. The van der Waals surface area contributed by atoms with Crippen LogP contribution in [0.1, 0.15) is 17.0 Å². The van der Waals surface area contributed by atoms with Gasteiger partial charge in [-0.15, -0.1) is 0 Å². The second kappa shape index (κ2) is 8.39. The summed E-state index contributed by atoms with van der Waals surface area (Å²) in [6.07, 6.45) is 2.47. The Bertz CT molecular complexity index is 877. The molecule has 1 aromatic heterocycles. The number of carbonyl (C=O) groups is 2. The summed E-state index contributed by atoms with van der Waals surface area (Å²) in [5.74, 6) is -0.292. The molecule has 1 heterocycles. The van der Waals surface area contributed by atoms with Crippen molar-refractivity contribution >= 4 is 33.2 Å². The van der Waals surface area contributed by atoms with Crippen LogP contribution < -0.4 is 20.1 Å². The number of anilines is 2. The molecule has 0 radical (unpaired) electrons. The number of ether oxygens (including phenoxy) is 1. The van der Waals surface area contributed by atoms with Crippen molar-refractivity contribution in [3.05, 3.63) is 42.4 Å². The zero-order chi connectivity index (χ0) is 19.2. The fourth-order valence-corrected chi connectivity index (χ4v) is 2.63. The first-order chi connectivity index (χ1) is 12.3. The molecule has 0 saturated carbocycles. The molecule has 10 heteroatoms. The lowest BCUT2D eigenvalue weighted by Crippen LogP contribution is -2.27. The van der Waals surface area contributed by atoms with Crippen LogP contribution in [0.3, 0.4) is 0 Å². The van der Waals surface area contributed by atoms with Crippen molar-refractivity contribution < 1.29 is 27.2 Å². The molecule has 0 saturated heterocycles. The topological polar surface area (TPSA) is 127 Å². The predicted octanol–water partition coefficient (Wildman–Crippen LogP) is 1.42. The monoisotopic (exact) mass is 381 g/mol. The third-order valence-corrected chi connectivity index (χ3v) is 3.75. The van der Waals surface area contributed by atoms with Crippen LogP contribution in [0.5, 0.6) is 5.75 Å². The van der Waals surface area contributed by atoms with Gasteiger partial charge in [-0.25, -0.2) is 8.42 Å². The number of methoxy groups -OCH3 is 1. The third-order valence-electron chi connectivity index (χ3n) is 3.16. The van der Waals surface area contributed by atoms with Gasteiger partial charge in [0.05, 0.1) is 25.3 Å². The highest BCUT2D eigenvalue weighted by Gasteiger charge is 2.12. The van der Waals surface area contributed by atoms with Crippen LogP contribution in [0.2, 0.25) is 0 Å². The average Bonchev–Trinajstić information content (AvgIpc) is 3.09. The highest BCUT2D eigenvalue weighted by molar-refractivity contribution is 7.92. The summed E-state index contributed by atoms with van der Waals surface area (Å²) in [6.45, 7) is 0.135. The molecule has 3 N–H and O–H groups in total. The maximum atomic E-state index is 12.0. The number of nitrogens with one attached hydrogen (secondary N) is 3. The summed E-state index contributed by atoms with van der Waals surface area (Å²) in [5, 5.41) is 5.21. The zero-order valence-electron chi connectivity index (χ0n) is 14.2. The Labute approximate surface area is 150 Å². The fourth-order valence-electron chi connectivity index (χ4n) is 2.06. The lowest BCUT2D eigenvalue weighted by Gasteiger charge is -2.12. The predicted molar refractivity (Wildman–Crippen MR) is 95.7 cm³/mol. The van der Waals surface area contributed by atoms with Gasteiger partial charge in [-0.05, 0) is 24.3 Å². The first-order valence-corrected chi connectivity index (χ1v) is 9.45. The molecular formula is C16H19N3O6S. The van der Waals surface area contributed by atoms with E-state index in [9.17, 15) is 18.0 Å². The molecule has 26 heavy (non-hydrogen) atoms. The second-order valence-corrected chi connectivity index (χ2v) is 7.07. The molecule has 0 aliphatic carbocycles. The van der Waals surface area contributed by atoms with Gasteiger partial charge >= 0.3 is 0 Å². The van der Waals surface area contributed by atoms with Crippen molar-refractivity contribution in [1.29, 1.82) is 0 Å². The van der Waals surface area contributed by atoms with Gasteiger partial charge in [-0.3, -0.25) is 14.3 Å². The van der Waals surface area contributed by atoms with E-state index in [2.05, 4.69) is 15.4 Å². The lowest BCUT2D eigenvalue weighted by atomic mass is 10.2. The highest BCUT2D eigenvalue weighted by atomic mass is 32.2. The number of hydrogen-bond donors (Lipinski definition) is 3. The van der Waals surface area contributed by atoms with E-state index in [1.54, 1.807) is 6.07 Å². The van der Waals surface area contributed by atoms with E-state index in [4.69, 9.17) is 9.15 Å². The summed E-state index contributed by atoms with van der Waals surface area (Å²) in [4.78, 5) is 23.6. The van der Waals surface area contributed by atoms with Gasteiger partial charge in [-0.2, -0.15) is 0 Å². The van der Waals surface area contributed by atoms with E-state index in [-0.39, 0.29) is 36.1 Å². The molecule has 0 unspecified atom stereocenters. The minimum absolute atomic E-state index is 0.0537. The van der Waals surface area contributed by atoms with Crippen molar-refractivity contribution in [1.82, 2.24) is 5.32 Å². The van der Waals surface area contributed by atoms with Crippen molar-refractivity contribution in [2.45, 2.75) is 6.42 Å². The number of benzene rings is 1. The molecule has 0 spiro atoms. The van der Waals surface area contributed by atoms with E-state index >= 15 is 0 Å². The number of carbonyl (C=O) groups excluding carboxylic acids is 2. The SMILES string of the molecule is COc1cc(NC(=O)CCNC(=O)c2ccco2)ccc1NS(C)(=O)=O. The Morgan fingerprint density at radius 2 is 2.00 bits per heavy atom. The zero-order valence-corrected chi connectivity index (χ0v) is 15.1. The van der Waals surface area contributed by atoms with Gasteiger partial charge < -0.3 is 19.8 Å². The minimum atomic E-state index is -3.45. The average molecular weight is 381 g/mol. The largest absolute Gasteiger partial charge is 0.494 e. The minimum Gasteiger partial charge on any atom is -0.494 e. The Morgan fingerprint density at radius 3 is 2.62 bits per heavy atom. The molecule has 140 valence electrons. The molecule has 0 fully saturated rings. The Kier molecular flexibility index (Phi) is 6.23. The summed E-state index contributed by atoms with van der Waals surface area (Å²) in [7, 11) is -2.06. The summed E-state index contributed by atoms with van der Waals surface area (Å²) in [5.41, 5.74) is 0.696. The van der Waals surface area contributed by atoms with Crippen LogP contribution >= 0.6 is 0 Å². The molecule has 0 bridgehead atoms. The second-order valence-electron chi connectivity index (χ2n) is 5.32. The first-order valence-electron chi connectivity index (χ1n) is 7.56. The molecule has 0 aliphatic rings. The van der Waals surface area contributed by atoms with Gasteiger partial charge in [0.1, 0.15) is 5.75 Å². The molecule has 2 amide bonds. The van der Waals surface area contributed by atoms with E-state index < -0.39 is 15.9 Å². The molecular weight excluding hydrogens is 362 g/mol. The Balaban J connectivity index is 1.89. The number of hydrogen-bond acceptors (Lipinski definition) is 6. The molecule has 0 atom stereocenters. The molecule has 1 aromatic carbocycles. The van der Waals surface area contributed by atoms with Crippen LogP contribution in [0.25, 0.3) is 0 Å². The Morgan fingerprint density at radius 1 is 1.23 bits per heavy atom. The first kappa shape index (κ1) is 19.3. The lowest BCUT2D eigenvalue weighted by molar-refractivity contribution is -0.116. The summed E-state index contributed by atoms with van der Waals surface area (Å²) >= 11 is 0. The van der Waals surface area contributed by atoms with E-state index in [1.807, 2.05) is 0 Å². The van der Waals surface area contributed by atoms with Crippen LogP contribution in [0, 0.1) is 0 Å². The van der Waals surface area contributed by atoms with E-state index in [1.165, 1.54) is 37.6 Å². The normalized spacial score (nSPS) is 10.8. The van der Waals surface area contributed by atoms with Gasteiger partial charge in [0, 0.05) is 24.7 Å². The maximum Gasteiger partial charge on any atom is 0.286 e. The van der Waals surface area contributed by atoms with Gasteiger partial charge in [0.15, 0.2) is 5.76 Å². The molecule has 0 aliphatic heterocycles. The third kappa shape index (κ3) is 5.81. The number of rotatable bonds is 8. The van der Waals surface area contributed by atoms with E-state index in [0.29, 0.717) is 5.69 Å². The number of furan rings is 1.